The van der Waals surface area contributed by atoms with Crippen LogP contribution in [0.4, 0.5) is 4.79 Å². The number of guanidine groups is 1. The Morgan fingerprint density at radius 1 is 1.19 bits per heavy atom. The van der Waals surface area contributed by atoms with Crippen molar-refractivity contribution in [1.29, 1.82) is 0 Å². The van der Waals surface area contributed by atoms with Crippen LogP contribution >= 0.6 is 0 Å². The first-order chi connectivity index (χ1) is 13.2. The average molecular weight is 370 g/mol. The fourth-order valence-electron chi connectivity index (χ4n) is 3.00. The summed E-state index contributed by atoms with van der Waals surface area (Å²) in [5, 5.41) is 7.79. The predicted octanol–water partition coefficient (Wildman–Crippen LogP) is 1.72. The van der Waals surface area contributed by atoms with Crippen LogP contribution in [0.15, 0.2) is 47.7 Å². The van der Waals surface area contributed by atoms with Crippen molar-refractivity contribution in [3.05, 3.63) is 48.3 Å². The van der Waals surface area contributed by atoms with Gasteiger partial charge in [0.15, 0.2) is 5.96 Å². The van der Waals surface area contributed by atoms with Crippen molar-refractivity contribution in [2.45, 2.75) is 13.5 Å². The second-order valence-corrected chi connectivity index (χ2v) is 6.20. The molecule has 1 saturated heterocycles. The molecule has 8 nitrogen and oxygen atoms in total. The summed E-state index contributed by atoms with van der Waals surface area (Å²) in [4.78, 5) is 20.1. The van der Waals surface area contributed by atoms with Gasteiger partial charge in [-0.05, 0) is 19.1 Å². The van der Waals surface area contributed by atoms with E-state index < -0.39 is 0 Å². The molecule has 0 bridgehead atoms. The molecule has 2 aromatic rings. The molecule has 0 unspecified atom stereocenters. The summed E-state index contributed by atoms with van der Waals surface area (Å²) in [5.41, 5.74) is 2.10. The first kappa shape index (κ1) is 18.8. The summed E-state index contributed by atoms with van der Waals surface area (Å²) < 4.78 is 6.92. The maximum Gasteiger partial charge on any atom is 0.409 e. The number of carbonyl (C=O) groups is 1. The molecule has 1 aliphatic rings. The fourth-order valence-corrected chi connectivity index (χ4v) is 3.00. The third-order valence-corrected chi connectivity index (χ3v) is 4.42. The number of hydrogen-bond donors (Lipinski definition) is 1. The van der Waals surface area contributed by atoms with Crippen LogP contribution in [0.25, 0.3) is 5.69 Å². The number of aliphatic imine (C=N–C) groups is 1. The number of benzene rings is 1. The van der Waals surface area contributed by atoms with Crippen LogP contribution in [0.2, 0.25) is 0 Å². The second kappa shape index (κ2) is 9.07. The zero-order chi connectivity index (χ0) is 19.1. The lowest BCUT2D eigenvalue weighted by atomic mass is 10.3. The molecule has 0 aliphatic carbocycles. The molecule has 27 heavy (non-hydrogen) atoms. The van der Waals surface area contributed by atoms with Crippen LogP contribution in [0.1, 0.15) is 12.5 Å². The van der Waals surface area contributed by atoms with E-state index in [1.807, 2.05) is 54.3 Å². The summed E-state index contributed by atoms with van der Waals surface area (Å²) in [6.07, 6.45) is 3.62. The Balaban J connectivity index is 1.52. The summed E-state index contributed by atoms with van der Waals surface area (Å²) in [6, 6.07) is 10.0. The molecular weight excluding hydrogens is 344 g/mol. The number of nitrogens with zero attached hydrogens (tertiary/aromatic N) is 5. The first-order valence-corrected chi connectivity index (χ1v) is 9.17. The Labute approximate surface area is 159 Å². The van der Waals surface area contributed by atoms with E-state index in [4.69, 9.17) is 4.74 Å². The third-order valence-electron chi connectivity index (χ3n) is 4.42. The van der Waals surface area contributed by atoms with Crippen LogP contribution in [0.5, 0.6) is 0 Å². The van der Waals surface area contributed by atoms with Crippen molar-refractivity contribution in [1.82, 2.24) is 24.9 Å². The Bertz CT molecular complexity index is 766. The minimum absolute atomic E-state index is 0.242. The van der Waals surface area contributed by atoms with Gasteiger partial charge in [-0.3, -0.25) is 4.99 Å². The third kappa shape index (κ3) is 4.78. The molecule has 0 spiro atoms. The minimum atomic E-state index is -0.242. The monoisotopic (exact) mass is 370 g/mol. The van der Waals surface area contributed by atoms with E-state index in [0.717, 1.165) is 30.3 Å². The highest BCUT2D eigenvalue weighted by molar-refractivity contribution is 5.80. The molecule has 1 aromatic carbocycles. The van der Waals surface area contributed by atoms with E-state index >= 15 is 0 Å². The van der Waals surface area contributed by atoms with Crippen LogP contribution < -0.4 is 5.32 Å². The number of aromatic nitrogens is 2. The molecule has 144 valence electrons. The van der Waals surface area contributed by atoms with Gasteiger partial charge < -0.3 is 19.9 Å². The van der Waals surface area contributed by atoms with E-state index in [2.05, 4.69) is 20.3 Å². The van der Waals surface area contributed by atoms with Crippen molar-refractivity contribution in [3.8, 4) is 5.69 Å². The summed E-state index contributed by atoms with van der Waals surface area (Å²) >= 11 is 0. The van der Waals surface area contributed by atoms with Gasteiger partial charge >= 0.3 is 6.09 Å². The van der Waals surface area contributed by atoms with Crippen LogP contribution in [-0.4, -0.2) is 71.5 Å². The van der Waals surface area contributed by atoms with Gasteiger partial charge in [-0.1, -0.05) is 18.2 Å². The van der Waals surface area contributed by atoms with Gasteiger partial charge in [-0.15, -0.1) is 0 Å². The lowest BCUT2D eigenvalue weighted by Crippen LogP contribution is -2.53. The predicted molar refractivity (Wildman–Crippen MR) is 104 cm³/mol. The highest BCUT2D eigenvalue weighted by Gasteiger charge is 2.23. The zero-order valence-electron chi connectivity index (χ0n) is 15.8. The Morgan fingerprint density at radius 2 is 1.89 bits per heavy atom. The fraction of sp³-hybridized carbons (Fsp3) is 0.421. The van der Waals surface area contributed by atoms with Crippen molar-refractivity contribution >= 4 is 12.1 Å². The number of piperazine rings is 1. The summed E-state index contributed by atoms with van der Waals surface area (Å²) in [7, 11) is 1.77. The van der Waals surface area contributed by atoms with Crippen molar-refractivity contribution in [2.75, 3.05) is 39.8 Å². The van der Waals surface area contributed by atoms with Gasteiger partial charge in [-0.25, -0.2) is 9.48 Å². The second-order valence-electron chi connectivity index (χ2n) is 6.20. The van der Waals surface area contributed by atoms with Gasteiger partial charge in [-0.2, -0.15) is 5.10 Å². The lowest BCUT2D eigenvalue weighted by Gasteiger charge is -2.35. The largest absolute Gasteiger partial charge is 0.450 e. The standard InChI is InChI=1S/C19H26N6O2/c1-3-27-19(26)24-11-9-23(10-12-24)18(20-2)21-13-16-14-22-25(15-16)17-7-5-4-6-8-17/h4-8,14-15H,3,9-13H2,1-2H3,(H,20,21). The maximum atomic E-state index is 11.8. The van der Waals surface area contributed by atoms with E-state index in [9.17, 15) is 4.79 Å². The first-order valence-electron chi connectivity index (χ1n) is 9.17. The minimum Gasteiger partial charge on any atom is -0.450 e. The summed E-state index contributed by atoms with van der Waals surface area (Å²) in [6.45, 7) is 5.57. The average Bonchev–Trinajstić information content (AvgIpc) is 3.19. The van der Waals surface area contributed by atoms with Crippen molar-refractivity contribution in [3.63, 3.8) is 0 Å². The number of carbonyl (C=O) groups excluding carboxylic acids is 1. The molecule has 2 heterocycles. The number of ether oxygens (including phenoxy) is 1. The Hall–Kier alpha value is -3.03. The number of amides is 1. The number of hydrogen-bond acceptors (Lipinski definition) is 4. The zero-order valence-corrected chi connectivity index (χ0v) is 15.8. The SMILES string of the molecule is CCOC(=O)N1CCN(C(=NC)NCc2cnn(-c3ccccc3)c2)CC1. The molecule has 1 aromatic heterocycles. The van der Waals surface area contributed by atoms with E-state index in [0.29, 0.717) is 26.2 Å². The maximum absolute atomic E-state index is 11.8. The molecule has 8 heteroatoms. The molecule has 1 aliphatic heterocycles. The number of para-hydroxylation sites is 1. The van der Waals surface area contributed by atoms with Crippen molar-refractivity contribution < 1.29 is 9.53 Å². The number of rotatable bonds is 4. The Kier molecular flexibility index (Phi) is 6.30. The number of nitrogens with one attached hydrogen (secondary N) is 1. The molecule has 0 atom stereocenters. The van der Waals surface area contributed by atoms with Gasteiger partial charge in [0.2, 0.25) is 0 Å². The molecule has 1 N–H and O–H groups in total. The Morgan fingerprint density at radius 3 is 2.56 bits per heavy atom. The molecule has 3 rings (SSSR count). The highest BCUT2D eigenvalue weighted by Crippen LogP contribution is 2.08. The molecule has 0 radical (unpaired) electrons. The van der Waals surface area contributed by atoms with Gasteiger partial charge in [0.05, 0.1) is 18.5 Å². The van der Waals surface area contributed by atoms with Crippen molar-refractivity contribution in [2.24, 2.45) is 4.99 Å². The van der Waals surface area contributed by atoms with Crippen LogP contribution in [-0.2, 0) is 11.3 Å². The summed E-state index contributed by atoms with van der Waals surface area (Å²) in [5.74, 6) is 0.825. The van der Waals surface area contributed by atoms with Crippen LogP contribution in [0, 0.1) is 0 Å². The molecular formula is C19H26N6O2. The molecule has 1 fully saturated rings. The normalized spacial score (nSPS) is 15.0. The van der Waals surface area contributed by atoms with Crippen LogP contribution in [0.3, 0.4) is 0 Å². The van der Waals surface area contributed by atoms with E-state index in [1.54, 1.807) is 11.9 Å². The van der Waals surface area contributed by atoms with Gasteiger partial charge in [0, 0.05) is 51.5 Å². The highest BCUT2D eigenvalue weighted by atomic mass is 16.6. The molecule has 0 saturated carbocycles. The lowest BCUT2D eigenvalue weighted by molar-refractivity contribution is 0.0914. The molecule has 1 amide bonds. The van der Waals surface area contributed by atoms with E-state index in [1.165, 1.54) is 0 Å². The quantitative estimate of drug-likeness (QED) is 0.655. The topological polar surface area (TPSA) is 75.0 Å². The van der Waals surface area contributed by atoms with Gasteiger partial charge in [0.25, 0.3) is 0 Å². The smallest absolute Gasteiger partial charge is 0.409 e. The van der Waals surface area contributed by atoms with Gasteiger partial charge in [0.1, 0.15) is 0 Å². The van der Waals surface area contributed by atoms with E-state index in [-0.39, 0.29) is 6.09 Å².